The first kappa shape index (κ1) is 24.6. The molecule has 2 aromatic carbocycles. The molecule has 0 fully saturated rings. The number of carbonyl (C=O) groups excluding carboxylic acids is 1. The van der Waals surface area contributed by atoms with Gasteiger partial charge in [-0.2, -0.15) is 9.40 Å². The van der Waals surface area contributed by atoms with Gasteiger partial charge in [0.2, 0.25) is 15.9 Å². The minimum absolute atomic E-state index is 0.0710. The lowest BCUT2D eigenvalue weighted by molar-refractivity contribution is -0.116. The fourth-order valence-electron chi connectivity index (χ4n) is 3.26. The number of aromatic nitrogens is 2. The summed E-state index contributed by atoms with van der Waals surface area (Å²) in [5, 5.41) is 7.50. The molecule has 33 heavy (non-hydrogen) atoms. The summed E-state index contributed by atoms with van der Waals surface area (Å²) in [7, 11) is -3.96. The smallest absolute Gasteiger partial charge is 0.243 e. The van der Waals surface area contributed by atoms with Crippen LogP contribution in [0.4, 0.5) is 10.2 Å². The number of hydrogen-bond acceptors (Lipinski definition) is 4. The fourth-order valence-corrected chi connectivity index (χ4v) is 4.66. The van der Waals surface area contributed by atoms with Gasteiger partial charge in [-0.1, -0.05) is 39.8 Å². The molecule has 7 nitrogen and oxygen atoms in total. The second-order valence-electron chi connectivity index (χ2n) is 8.85. The van der Waals surface area contributed by atoms with Gasteiger partial charge in [-0.15, -0.1) is 0 Å². The predicted molar refractivity (Wildman–Crippen MR) is 126 cm³/mol. The van der Waals surface area contributed by atoms with Crippen molar-refractivity contribution in [3.63, 3.8) is 0 Å². The van der Waals surface area contributed by atoms with Gasteiger partial charge in [-0.05, 0) is 48.9 Å². The molecule has 0 saturated heterocycles. The summed E-state index contributed by atoms with van der Waals surface area (Å²) >= 11 is 0. The highest BCUT2D eigenvalue weighted by Gasteiger charge is 2.27. The zero-order valence-electron chi connectivity index (χ0n) is 19.5. The normalized spacial score (nSPS) is 12.2. The van der Waals surface area contributed by atoms with Crippen LogP contribution in [-0.4, -0.2) is 41.5 Å². The van der Waals surface area contributed by atoms with E-state index in [-0.39, 0.29) is 23.4 Å². The van der Waals surface area contributed by atoms with E-state index in [4.69, 9.17) is 0 Å². The van der Waals surface area contributed by atoms with Gasteiger partial charge in [0.05, 0.1) is 22.8 Å². The Hall–Kier alpha value is -3.04. The van der Waals surface area contributed by atoms with E-state index in [0.717, 1.165) is 33.4 Å². The van der Waals surface area contributed by atoms with E-state index in [1.54, 1.807) is 17.7 Å². The lowest BCUT2D eigenvalue weighted by Gasteiger charge is -2.20. The lowest BCUT2D eigenvalue weighted by Crippen LogP contribution is -2.38. The standard InChI is InChI=1S/C24H29FN4O3S/c1-6-28(33(31,32)20-12-10-18(25)11-13-20)16-23(30)26-22-15-21(24(3,4)5)27-29(22)19-9-7-8-17(2)14-19/h7-15H,6,16H2,1-5H3,(H,26,30). The van der Waals surface area contributed by atoms with Crippen LogP contribution in [-0.2, 0) is 20.2 Å². The van der Waals surface area contributed by atoms with Gasteiger partial charge in [0.1, 0.15) is 11.6 Å². The van der Waals surface area contributed by atoms with Crippen molar-refractivity contribution in [1.82, 2.24) is 14.1 Å². The summed E-state index contributed by atoms with van der Waals surface area (Å²) < 4.78 is 41.8. The second kappa shape index (κ2) is 9.44. The van der Waals surface area contributed by atoms with Gasteiger partial charge >= 0.3 is 0 Å². The summed E-state index contributed by atoms with van der Waals surface area (Å²) in [5.41, 5.74) is 2.36. The Labute approximate surface area is 194 Å². The largest absolute Gasteiger partial charge is 0.309 e. The van der Waals surface area contributed by atoms with E-state index >= 15 is 0 Å². The highest BCUT2D eigenvalue weighted by atomic mass is 32.2. The van der Waals surface area contributed by atoms with Crippen LogP contribution in [0.5, 0.6) is 0 Å². The van der Waals surface area contributed by atoms with Gasteiger partial charge < -0.3 is 5.32 Å². The third-order valence-corrected chi connectivity index (χ3v) is 7.05. The number of hydrogen-bond donors (Lipinski definition) is 1. The predicted octanol–water partition coefficient (Wildman–Crippen LogP) is 4.27. The molecule has 1 N–H and O–H groups in total. The lowest BCUT2D eigenvalue weighted by atomic mass is 9.92. The maximum absolute atomic E-state index is 13.2. The monoisotopic (exact) mass is 472 g/mol. The fraction of sp³-hybridized carbons (Fsp3) is 0.333. The van der Waals surface area contributed by atoms with Gasteiger partial charge in [0, 0.05) is 18.0 Å². The van der Waals surface area contributed by atoms with E-state index in [9.17, 15) is 17.6 Å². The number of rotatable bonds is 7. The third-order valence-electron chi connectivity index (χ3n) is 5.12. The quantitative estimate of drug-likeness (QED) is 0.557. The van der Waals surface area contributed by atoms with Gasteiger partial charge in [-0.25, -0.2) is 17.5 Å². The molecule has 3 rings (SSSR count). The Bertz CT molecular complexity index is 1250. The number of nitrogens with one attached hydrogen (secondary N) is 1. The van der Waals surface area contributed by atoms with Crippen molar-refractivity contribution in [3.05, 3.63) is 71.7 Å². The van der Waals surface area contributed by atoms with E-state index in [2.05, 4.69) is 10.4 Å². The molecule has 0 aliphatic rings. The minimum atomic E-state index is -3.96. The van der Waals surface area contributed by atoms with Crippen LogP contribution in [0.15, 0.2) is 59.5 Å². The first-order valence-corrected chi connectivity index (χ1v) is 12.1. The molecule has 9 heteroatoms. The molecule has 0 atom stereocenters. The average molecular weight is 473 g/mol. The molecule has 0 unspecified atom stereocenters. The Balaban J connectivity index is 1.88. The second-order valence-corrected chi connectivity index (χ2v) is 10.8. The molecule has 176 valence electrons. The van der Waals surface area contributed by atoms with E-state index in [1.807, 2.05) is 52.0 Å². The summed E-state index contributed by atoms with van der Waals surface area (Å²) in [4.78, 5) is 12.8. The molecule has 0 bridgehead atoms. The van der Waals surface area contributed by atoms with Crippen molar-refractivity contribution in [2.24, 2.45) is 0 Å². The summed E-state index contributed by atoms with van der Waals surface area (Å²) in [6.45, 7) is 9.37. The Morgan fingerprint density at radius 3 is 2.36 bits per heavy atom. The highest BCUT2D eigenvalue weighted by molar-refractivity contribution is 7.89. The summed E-state index contributed by atoms with van der Waals surface area (Å²) in [5.74, 6) is -0.587. The molecule has 0 aliphatic carbocycles. The maximum atomic E-state index is 13.2. The van der Waals surface area contributed by atoms with Gasteiger partial charge in [-0.3, -0.25) is 4.79 Å². The number of anilines is 1. The van der Waals surface area contributed by atoms with Crippen LogP contribution in [0.2, 0.25) is 0 Å². The molecule has 1 aromatic heterocycles. The number of amides is 1. The number of carbonyl (C=O) groups is 1. The van der Waals surface area contributed by atoms with Crippen molar-refractivity contribution < 1.29 is 17.6 Å². The number of halogens is 1. The van der Waals surface area contributed by atoms with E-state index in [1.165, 1.54) is 12.1 Å². The Kier molecular flexibility index (Phi) is 7.04. The topological polar surface area (TPSA) is 84.3 Å². The number of aryl methyl sites for hydroxylation is 1. The number of nitrogens with zero attached hydrogens (tertiary/aromatic N) is 3. The Morgan fingerprint density at radius 2 is 1.79 bits per heavy atom. The maximum Gasteiger partial charge on any atom is 0.243 e. The molecule has 1 heterocycles. The van der Waals surface area contributed by atoms with Crippen LogP contribution < -0.4 is 5.32 Å². The number of likely N-dealkylation sites (N-methyl/N-ethyl adjacent to an activating group) is 1. The molecule has 0 radical (unpaired) electrons. The molecule has 0 aliphatic heterocycles. The van der Waals surface area contributed by atoms with Crippen molar-refractivity contribution in [2.45, 2.75) is 44.9 Å². The van der Waals surface area contributed by atoms with E-state index < -0.39 is 21.7 Å². The van der Waals surface area contributed by atoms with Crippen LogP contribution in [0.3, 0.4) is 0 Å². The molecule has 3 aromatic rings. The summed E-state index contributed by atoms with van der Waals surface area (Å²) in [6, 6.07) is 14.0. The SMILES string of the molecule is CCN(CC(=O)Nc1cc(C(C)(C)C)nn1-c1cccc(C)c1)S(=O)(=O)c1ccc(F)cc1. The number of benzene rings is 2. The zero-order valence-corrected chi connectivity index (χ0v) is 20.3. The molecular weight excluding hydrogens is 443 g/mol. The van der Waals surface area contributed by atoms with Crippen molar-refractivity contribution in [1.29, 1.82) is 0 Å². The Morgan fingerprint density at radius 1 is 1.12 bits per heavy atom. The van der Waals surface area contributed by atoms with Gasteiger partial charge in [0.25, 0.3) is 0 Å². The molecular formula is C24H29FN4O3S. The van der Waals surface area contributed by atoms with E-state index in [0.29, 0.717) is 5.82 Å². The molecule has 0 saturated carbocycles. The van der Waals surface area contributed by atoms with Crippen LogP contribution in [0, 0.1) is 12.7 Å². The zero-order chi connectivity index (χ0) is 24.4. The summed E-state index contributed by atoms with van der Waals surface area (Å²) in [6.07, 6.45) is 0. The van der Waals surface area contributed by atoms with Gasteiger partial charge in [0.15, 0.2) is 0 Å². The van der Waals surface area contributed by atoms with Crippen LogP contribution in [0.1, 0.15) is 39.0 Å². The third kappa shape index (κ3) is 5.66. The van der Waals surface area contributed by atoms with Crippen molar-refractivity contribution >= 4 is 21.7 Å². The first-order valence-electron chi connectivity index (χ1n) is 10.6. The highest BCUT2D eigenvalue weighted by Crippen LogP contribution is 2.27. The van der Waals surface area contributed by atoms with Crippen molar-refractivity contribution in [2.75, 3.05) is 18.4 Å². The molecule has 0 spiro atoms. The minimum Gasteiger partial charge on any atom is -0.309 e. The van der Waals surface area contributed by atoms with Crippen LogP contribution >= 0.6 is 0 Å². The van der Waals surface area contributed by atoms with Crippen LogP contribution in [0.25, 0.3) is 5.69 Å². The average Bonchev–Trinajstić information content (AvgIpc) is 3.16. The van der Waals surface area contributed by atoms with Crippen molar-refractivity contribution in [3.8, 4) is 5.69 Å². The number of sulfonamides is 1. The first-order chi connectivity index (χ1) is 15.4. The molecule has 1 amide bonds.